The van der Waals surface area contributed by atoms with E-state index in [1.54, 1.807) is 0 Å². The van der Waals surface area contributed by atoms with Crippen molar-refractivity contribution in [2.45, 2.75) is 39.3 Å². The number of hydrogen-bond acceptors (Lipinski definition) is 2. The lowest BCUT2D eigenvalue weighted by molar-refractivity contribution is -0.0404. The predicted molar refractivity (Wildman–Crippen MR) is 68.5 cm³/mol. The number of rotatable bonds is 6. The molecule has 0 amide bonds. The van der Waals surface area contributed by atoms with E-state index in [2.05, 4.69) is 5.32 Å². The van der Waals surface area contributed by atoms with Gasteiger partial charge in [-0.3, -0.25) is 0 Å². The molecule has 0 aliphatic heterocycles. The van der Waals surface area contributed by atoms with E-state index in [4.69, 9.17) is 4.74 Å². The normalized spacial score (nSPS) is 13.7. The second-order valence-electron chi connectivity index (χ2n) is 4.66. The van der Waals surface area contributed by atoms with Crippen LogP contribution >= 0.6 is 0 Å². The molecule has 0 saturated heterocycles. The molecule has 102 valence electrons. The Balaban J connectivity index is 3.19. The van der Waals surface area contributed by atoms with Crippen LogP contribution in [-0.4, -0.2) is 18.8 Å². The summed E-state index contributed by atoms with van der Waals surface area (Å²) in [4.78, 5) is 0. The number of nitrogens with one attached hydrogen (secondary N) is 1. The molecule has 0 saturated carbocycles. The molecule has 1 aromatic carbocycles. The molecule has 0 spiro atoms. The summed E-state index contributed by atoms with van der Waals surface area (Å²) in [6, 6.07) is 3.38. The van der Waals surface area contributed by atoms with Gasteiger partial charge < -0.3 is 10.1 Å². The number of ether oxygens (including phenoxy) is 1. The average Bonchev–Trinajstić information content (AvgIpc) is 2.27. The summed E-state index contributed by atoms with van der Waals surface area (Å²) in [5.74, 6) is -1.09. The van der Waals surface area contributed by atoms with E-state index in [-0.39, 0.29) is 5.56 Å². The van der Waals surface area contributed by atoms with Crippen molar-refractivity contribution in [1.29, 1.82) is 0 Å². The van der Waals surface area contributed by atoms with Crippen LogP contribution in [0.3, 0.4) is 0 Å². The molecule has 0 fully saturated rings. The first-order chi connectivity index (χ1) is 8.44. The van der Waals surface area contributed by atoms with Crippen molar-refractivity contribution in [3.63, 3.8) is 0 Å². The minimum Gasteiger partial charge on any atom is -0.374 e. The molecule has 1 aromatic rings. The largest absolute Gasteiger partial charge is 0.374 e. The van der Waals surface area contributed by atoms with E-state index in [0.29, 0.717) is 13.2 Å². The summed E-state index contributed by atoms with van der Waals surface area (Å²) in [6.07, 6.45) is 0. The molecule has 0 aliphatic rings. The monoisotopic (exact) mass is 257 g/mol. The van der Waals surface area contributed by atoms with Gasteiger partial charge in [-0.15, -0.1) is 0 Å². The third-order valence-corrected chi connectivity index (χ3v) is 2.91. The van der Waals surface area contributed by atoms with Crippen molar-refractivity contribution in [3.8, 4) is 0 Å². The zero-order valence-corrected chi connectivity index (χ0v) is 11.4. The fraction of sp³-hybridized carbons (Fsp3) is 0.571. The van der Waals surface area contributed by atoms with Crippen molar-refractivity contribution >= 4 is 0 Å². The van der Waals surface area contributed by atoms with Gasteiger partial charge in [0.05, 0.1) is 11.6 Å². The first kappa shape index (κ1) is 15.1. The second-order valence-corrected chi connectivity index (χ2v) is 4.66. The average molecular weight is 257 g/mol. The highest BCUT2D eigenvalue weighted by atomic mass is 19.1. The Morgan fingerprint density at radius 1 is 1.22 bits per heavy atom. The van der Waals surface area contributed by atoms with Crippen LogP contribution in [0.5, 0.6) is 0 Å². The van der Waals surface area contributed by atoms with Gasteiger partial charge >= 0.3 is 0 Å². The molecular weight excluding hydrogens is 236 g/mol. The summed E-state index contributed by atoms with van der Waals surface area (Å²) in [5, 5.41) is 3.10. The van der Waals surface area contributed by atoms with Crippen LogP contribution in [0, 0.1) is 11.6 Å². The van der Waals surface area contributed by atoms with E-state index in [1.807, 2.05) is 27.7 Å². The Labute approximate surface area is 107 Å². The van der Waals surface area contributed by atoms with Crippen LogP contribution in [0.1, 0.15) is 39.3 Å². The van der Waals surface area contributed by atoms with E-state index in [9.17, 15) is 8.78 Å². The molecule has 1 atom stereocenters. The van der Waals surface area contributed by atoms with Crippen LogP contribution in [0.2, 0.25) is 0 Å². The molecule has 1 N–H and O–H groups in total. The fourth-order valence-corrected chi connectivity index (χ4v) is 2.14. The Kier molecular flexibility index (Phi) is 5.23. The molecule has 2 nitrogen and oxygen atoms in total. The summed E-state index contributed by atoms with van der Waals surface area (Å²) in [5.41, 5.74) is -0.647. The number of halogens is 2. The Hall–Kier alpha value is -1.00. The van der Waals surface area contributed by atoms with Gasteiger partial charge in [-0.25, -0.2) is 8.78 Å². The van der Waals surface area contributed by atoms with Crippen LogP contribution < -0.4 is 5.32 Å². The summed E-state index contributed by atoms with van der Waals surface area (Å²) in [6.45, 7) is 8.52. The molecule has 0 radical (unpaired) electrons. The van der Waals surface area contributed by atoms with Gasteiger partial charge in [0.15, 0.2) is 0 Å². The Morgan fingerprint density at radius 2 is 1.78 bits per heavy atom. The molecule has 4 heteroatoms. The zero-order valence-electron chi connectivity index (χ0n) is 11.4. The molecular formula is C14H21F2NO. The molecule has 0 heterocycles. The minimum atomic E-state index is -0.687. The third kappa shape index (κ3) is 3.27. The molecule has 0 bridgehead atoms. The topological polar surface area (TPSA) is 21.3 Å². The molecule has 0 aromatic heterocycles. The SMILES string of the molecule is CCNC(c1c(F)cccc1F)C(C)(C)OCC. The van der Waals surface area contributed by atoms with Gasteiger partial charge in [0, 0.05) is 12.2 Å². The van der Waals surface area contributed by atoms with Crippen LogP contribution in [0.15, 0.2) is 18.2 Å². The number of hydrogen-bond donors (Lipinski definition) is 1. The maximum Gasteiger partial charge on any atom is 0.131 e. The molecule has 18 heavy (non-hydrogen) atoms. The van der Waals surface area contributed by atoms with E-state index in [0.717, 1.165) is 0 Å². The predicted octanol–water partition coefficient (Wildman–Crippen LogP) is 3.43. The van der Waals surface area contributed by atoms with Crippen molar-refractivity contribution in [2.75, 3.05) is 13.2 Å². The van der Waals surface area contributed by atoms with Gasteiger partial charge in [-0.05, 0) is 39.4 Å². The van der Waals surface area contributed by atoms with Gasteiger partial charge in [0.2, 0.25) is 0 Å². The van der Waals surface area contributed by atoms with Gasteiger partial charge in [-0.1, -0.05) is 13.0 Å². The highest BCUT2D eigenvalue weighted by Gasteiger charge is 2.34. The van der Waals surface area contributed by atoms with E-state index < -0.39 is 23.3 Å². The van der Waals surface area contributed by atoms with Crippen LogP contribution in [0.4, 0.5) is 8.78 Å². The van der Waals surface area contributed by atoms with Crippen molar-refractivity contribution < 1.29 is 13.5 Å². The smallest absolute Gasteiger partial charge is 0.131 e. The third-order valence-electron chi connectivity index (χ3n) is 2.91. The van der Waals surface area contributed by atoms with Gasteiger partial charge in [0.1, 0.15) is 11.6 Å². The first-order valence-electron chi connectivity index (χ1n) is 6.25. The Bertz CT molecular complexity index is 373. The lowest BCUT2D eigenvalue weighted by Crippen LogP contribution is -2.42. The minimum absolute atomic E-state index is 0.0396. The van der Waals surface area contributed by atoms with Gasteiger partial charge in [-0.2, -0.15) is 0 Å². The summed E-state index contributed by atoms with van der Waals surface area (Å²) in [7, 11) is 0. The maximum absolute atomic E-state index is 13.9. The fourth-order valence-electron chi connectivity index (χ4n) is 2.14. The summed E-state index contributed by atoms with van der Waals surface area (Å²) >= 11 is 0. The zero-order chi connectivity index (χ0) is 13.8. The molecule has 1 unspecified atom stereocenters. The highest BCUT2D eigenvalue weighted by Crippen LogP contribution is 2.32. The lowest BCUT2D eigenvalue weighted by atomic mass is 9.90. The lowest BCUT2D eigenvalue weighted by Gasteiger charge is -2.35. The Morgan fingerprint density at radius 3 is 2.22 bits per heavy atom. The van der Waals surface area contributed by atoms with E-state index >= 15 is 0 Å². The van der Waals surface area contributed by atoms with Crippen molar-refractivity contribution in [2.24, 2.45) is 0 Å². The van der Waals surface area contributed by atoms with Crippen molar-refractivity contribution in [3.05, 3.63) is 35.4 Å². The van der Waals surface area contributed by atoms with Crippen molar-refractivity contribution in [1.82, 2.24) is 5.32 Å². The molecule has 0 aliphatic carbocycles. The van der Waals surface area contributed by atoms with Crippen LogP contribution in [0.25, 0.3) is 0 Å². The summed E-state index contributed by atoms with van der Waals surface area (Å²) < 4.78 is 33.3. The number of benzene rings is 1. The standard InChI is InChI=1S/C14H21F2NO/c1-5-17-13(14(3,4)18-6-2)12-10(15)8-7-9-11(12)16/h7-9,13,17H,5-6H2,1-4H3. The second kappa shape index (κ2) is 6.25. The maximum atomic E-state index is 13.9. The quantitative estimate of drug-likeness (QED) is 0.843. The van der Waals surface area contributed by atoms with Crippen LogP contribution in [-0.2, 0) is 4.74 Å². The molecule has 1 rings (SSSR count). The highest BCUT2D eigenvalue weighted by molar-refractivity contribution is 5.25. The van der Waals surface area contributed by atoms with Gasteiger partial charge in [0.25, 0.3) is 0 Å². The number of likely N-dealkylation sites (N-methyl/N-ethyl adjacent to an activating group) is 1. The first-order valence-corrected chi connectivity index (χ1v) is 6.25. The van der Waals surface area contributed by atoms with E-state index in [1.165, 1.54) is 18.2 Å².